The number of hydrogen-bond donors (Lipinski definition) is 2. The van der Waals surface area contributed by atoms with Crippen LogP contribution in [0.5, 0.6) is 5.75 Å². The lowest BCUT2D eigenvalue weighted by atomic mass is 9.93. The highest BCUT2D eigenvalue weighted by Gasteiger charge is 2.21. The predicted octanol–water partition coefficient (Wildman–Crippen LogP) is 3.85. The summed E-state index contributed by atoms with van der Waals surface area (Å²) in [5.41, 5.74) is 3.37. The summed E-state index contributed by atoms with van der Waals surface area (Å²) in [6, 6.07) is 10.00. The van der Waals surface area contributed by atoms with E-state index >= 15 is 0 Å². The highest BCUT2D eigenvalue weighted by atomic mass is 16.5. The molecule has 6 heteroatoms. The Bertz CT molecular complexity index is 787. The maximum atomic E-state index is 12.3. The summed E-state index contributed by atoms with van der Waals surface area (Å²) < 4.78 is 5.23. The van der Waals surface area contributed by atoms with Crippen LogP contribution in [0.3, 0.4) is 0 Å². The normalized spacial score (nSPS) is 17.4. The number of methoxy groups -OCH3 is 1. The fraction of sp³-hybridized carbons (Fsp3) is 0.565. The number of amides is 1. The van der Waals surface area contributed by atoms with Crippen molar-refractivity contribution >= 4 is 5.91 Å². The van der Waals surface area contributed by atoms with E-state index in [-0.39, 0.29) is 5.91 Å². The van der Waals surface area contributed by atoms with E-state index in [1.807, 2.05) is 24.3 Å². The van der Waals surface area contributed by atoms with Crippen molar-refractivity contribution in [3.8, 4) is 5.75 Å². The molecule has 0 radical (unpaired) electrons. The number of ether oxygens (including phenoxy) is 1. The smallest absolute Gasteiger partial charge is 0.220 e. The van der Waals surface area contributed by atoms with Gasteiger partial charge in [-0.25, -0.2) is 0 Å². The van der Waals surface area contributed by atoms with E-state index < -0.39 is 0 Å². The van der Waals surface area contributed by atoms with E-state index in [1.54, 1.807) is 7.11 Å². The number of rotatable bonds is 9. The molecule has 6 nitrogen and oxygen atoms in total. The van der Waals surface area contributed by atoms with E-state index in [2.05, 4.69) is 40.3 Å². The molecule has 2 aromatic rings. The minimum Gasteiger partial charge on any atom is -0.497 e. The second-order valence-electron chi connectivity index (χ2n) is 8.38. The lowest BCUT2D eigenvalue weighted by molar-refractivity contribution is -0.121. The average molecular weight is 399 g/mol. The van der Waals surface area contributed by atoms with Crippen molar-refractivity contribution in [2.45, 2.75) is 58.5 Å². The van der Waals surface area contributed by atoms with Crippen LogP contribution < -0.4 is 10.1 Å². The molecule has 1 saturated heterocycles. The Morgan fingerprint density at radius 1 is 1.38 bits per heavy atom. The van der Waals surface area contributed by atoms with Crippen molar-refractivity contribution in [2.24, 2.45) is 5.92 Å². The quantitative estimate of drug-likeness (QED) is 0.673. The van der Waals surface area contributed by atoms with Crippen molar-refractivity contribution in [1.82, 2.24) is 20.4 Å². The van der Waals surface area contributed by atoms with E-state index in [4.69, 9.17) is 4.74 Å². The van der Waals surface area contributed by atoms with Crippen molar-refractivity contribution in [2.75, 3.05) is 20.2 Å². The number of carbonyl (C=O) groups excluding carboxylic acids is 1. The number of carbonyl (C=O) groups is 1. The molecule has 2 N–H and O–H groups in total. The molecule has 1 fully saturated rings. The Labute approximate surface area is 174 Å². The van der Waals surface area contributed by atoms with Crippen molar-refractivity contribution < 1.29 is 9.53 Å². The molecule has 1 atom stereocenters. The molecule has 0 unspecified atom stereocenters. The highest BCUT2D eigenvalue weighted by Crippen LogP contribution is 2.23. The molecule has 1 aliphatic rings. The van der Waals surface area contributed by atoms with Gasteiger partial charge in [-0.3, -0.25) is 14.8 Å². The number of piperidine rings is 1. The molecule has 29 heavy (non-hydrogen) atoms. The molecule has 0 spiro atoms. The number of nitrogens with one attached hydrogen (secondary N) is 2. The van der Waals surface area contributed by atoms with Crippen LogP contribution in [0.4, 0.5) is 0 Å². The third kappa shape index (κ3) is 6.60. The van der Waals surface area contributed by atoms with Gasteiger partial charge >= 0.3 is 0 Å². The topological polar surface area (TPSA) is 70.2 Å². The highest BCUT2D eigenvalue weighted by molar-refractivity contribution is 5.75. The van der Waals surface area contributed by atoms with Gasteiger partial charge in [-0.2, -0.15) is 5.10 Å². The lowest BCUT2D eigenvalue weighted by Crippen LogP contribution is -2.35. The first kappa shape index (κ1) is 21.4. The fourth-order valence-electron chi connectivity index (χ4n) is 3.93. The summed E-state index contributed by atoms with van der Waals surface area (Å²) in [4.78, 5) is 14.8. The Morgan fingerprint density at radius 3 is 3.00 bits per heavy atom. The predicted molar refractivity (Wildman–Crippen MR) is 115 cm³/mol. The number of aromatic amines is 1. The van der Waals surface area contributed by atoms with E-state index in [0.717, 1.165) is 43.1 Å². The summed E-state index contributed by atoms with van der Waals surface area (Å²) in [5, 5.41) is 10.6. The zero-order valence-corrected chi connectivity index (χ0v) is 17.9. The van der Waals surface area contributed by atoms with E-state index in [0.29, 0.717) is 24.8 Å². The molecular weight excluding hydrogens is 364 g/mol. The van der Waals surface area contributed by atoms with Crippen molar-refractivity contribution in [3.05, 3.63) is 47.3 Å². The van der Waals surface area contributed by atoms with Crippen molar-refractivity contribution in [1.29, 1.82) is 0 Å². The summed E-state index contributed by atoms with van der Waals surface area (Å²) in [5.74, 6) is 1.97. The van der Waals surface area contributed by atoms with Gasteiger partial charge in [0, 0.05) is 31.7 Å². The molecule has 0 aliphatic carbocycles. The molecule has 1 aromatic carbocycles. The van der Waals surface area contributed by atoms with Gasteiger partial charge in [-0.05, 0) is 61.4 Å². The first-order valence-corrected chi connectivity index (χ1v) is 10.7. The molecule has 1 aliphatic heterocycles. The van der Waals surface area contributed by atoms with Crippen LogP contribution in [-0.4, -0.2) is 41.2 Å². The second kappa shape index (κ2) is 10.4. The maximum Gasteiger partial charge on any atom is 0.220 e. The lowest BCUT2D eigenvalue weighted by Gasteiger charge is -2.32. The van der Waals surface area contributed by atoms with Gasteiger partial charge in [0.15, 0.2) is 0 Å². The summed E-state index contributed by atoms with van der Waals surface area (Å²) in [6.07, 6.45) is 3.94. The number of nitrogens with zero attached hydrogens (tertiary/aromatic N) is 2. The Morgan fingerprint density at radius 2 is 2.24 bits per heavy atom. The average Bonchev–Trinajstić information content (AvgIpc) is 3.20. The van der Waals surface area contributed by atoms with Crippen LogP contribution in [0.2, 0.25) is 0 Å². The second-order valence-corrected chi connectivity index (χ2v) is 8.38. The van der Waals surface area contributed by atoms with Gasteiger partial charge in [0.05, 0.1) is 12.8 Å². The summed E-state index contributed by atoms with van der Waals surface area (Å²) >= 11 is 0. The van der Waals surface area contributed by atoms with Crippen LogP contribution in [-0.2, 0) is 17.9 Å². The molecule has 0 saturated carbocycles. The van der Waals surface area contributed by atoms with Crippen LogP contribution in [0.25, 0.3) is 0 Å². The molecule has 0 bridgehead atoms. The fourth-order valence-corrected chi connectivity index (χ4v) is 3.93. The number of aromatic nitrogens is 2. The Kier molecular flexibility index (Phi) is 7.69. The SMILES string of the molecule is COc1cccc(CNC(=O)CC[C@H]2CCCN(Cc3cc(C(C)C)n[nH]3)C2)c1. The third-order valence-corrected chi connectivity index (χ3v) is 5.64. The molecule has 1 amide bonds. The van der Waals surface area contributed by atoms with Gasteiger partial charge in [-0.15, -0.1) is 0 Å². The Hall–Kier alpha value is -2.34. The molecular formula is C23H34N4O2. The number of benzene rings is 1. The minimum absolute atomic E-state index is 0.125. The minimum atomic E-state index is 0.125. The third-order valence-electron chi connectivity index (χ3n) is 5.64. The van der Waals surface area contributed by atoms with Crippen molar-refractivity contribution in [3.63, 3.8) is 0 Å². The van der Waals surface area contributed by atoms with Gasteiger partial charge in [0.1, 0.15) is 5.75 Å². The monoisotopic (exact) mass is 398 g/mol. The van der Waals surface area contributed by atoms with Gasteiger partial charge < -0.3 is 10.1 Å². The summed E-state index contributed by atoms with van der Waals surface area (Å²) in [6.45, 7) is 7.96. The zero-order chi connectivity index (χ0) is 20.6. The van der Waals surface area contributed by atoms with Gasteiger partial charge in [0.2, 0.25) is 5.91 Å². The van der Waals surface area contributed by atoms with Crippen LogP contribution in [0.1, 0.15) is 62.4 Å². The van der Waals surface area contributed by atoms with E-state index in [1.165, 1.54) is 18.5 Å². The number of likely N-dealkylation sites (tertiary alicyclic amines) is 1. The van der Waals surface area contributed by atoms with Gasteiger partial charge in [0.25, 0.3) is 0 Å². The Balaban J connectivity index is 1.39. The van der Waals surface area contributed by atoms with Gasteiger partial charge in [-0.1, -0.05) is 26.0 Å². The molecule has 1 aromatic heterocycles. The maximum absolute atomic E-state index is 12.3. The summed E-state index contributed by atoms with van der Waals surface area (Å²) in [7, 11) is 1.65. The van der Waals surface area contributed by atoms with Crippen LogP contribution in [0.15, 0.2) is 30.3 Å². The zero-order valence-electron chi connectivity index (χ0n) is 17.9. The molecule has 2 heterocycles. The molecule has 158 valence electrons. The van der Waals surface area contributed by atoms with Crippen LogP contribution in [0, 0.1) is 5.92 Å². The first-order valence-electron chi connectivity index (χ1n) is 10.7. The standard InChI is InChI=1S/C23H34N4O2/c1-17(2)22-13-20(25-26-22)16-27-11-5-7-18(15-27)9-10-23(28)24-14-19-6-4-8-21(12-19)29-3/h4,6,8,12-13,17-18H,5,7,9-11,14-16H2,1-3H3,(H,24,28)(H,25,26)/t18-/m1/s1. The first-order chi connectivity index (χ1) is 14.0. The number of H-pyrrole nitrogens is 1. The number of hydrogen-bond acceptors (Lipinski definition) is 4. The van der Waals surface area contributed by atoms with Crippen LogP contribution >= 0.6 is 0 Å². The largest absolute Gasteiger partial charge is 0.497 e. The van der Waals surface area contributed by atoms with E-state index in [9.17, 15) is 4.79 Å². The molecule has 3 rings (SSSR count).